The third-order valence-corrected chi connectivity index (χ3v) is 6.22. The van der Waals surface area contributed by atoms with Crippen LogP contribution in [0, 0.1) is 13.8 Å². The molecular weight excluding hydrogens is 404 g/mol. The van der Waals surface area contributed by atoms with E-state index in [-0.39, 0.29) is 5.54 Å². The summed E-state index contributed by atoms with van der Waals surface area (Å²) in [6.07, 6.45) is 4.34. The van der Waals surface area contributed by atoms with Crippen LogP contribution in [0.2, 0.25) is 0 Å². The van der Waals surface area contributed by atoms with E-state index in [9.17, 15) is 0 Å². The Morgan fingerprint density at radius 2 is 1.48 bits per heavy atom. The molecule has 0 aliphatic carbocycles. The molecule has 0 saturated heterocycles. The lowest BCUT2D eigenvalue weighted by atomic mass is 9.86. The van der Waals surface area contributed by atoms with E-state index >= 15 is 0 Å². The zero-order valence-corrected chi connectivity index (χ0v) is 20.8. The largest absolute Gasteiger partial charge is 0.457 e. The van der Waals surface area contributed by atoms with Gasteiger partial charge in [-0.05, 0) is 114 Å². The van der Waals surface area contributed by atoms with Gasteiger partial charge in [-0.2, -0.15) is 0 Å². The molecule has 0 unspecified atom stereocenters. The average molecular weight is 439 g/mol. The van der Waals surface area contributed by atoms with Crippen molar-refractivity contribution in [2.24, 2.45) is 4.99 Å². The van der Waals surface area contributed by atoms with Gasteiger partial charge in [0.05, 0.1) is 11.2 Å². The molecule has 0 N–H and O–H groups in total. The van der Waals surface area contributed by atoms with Crippen molar-refractivity contribution in [2.75, 3.05) is 4.90 Å². The van der Waals surface area contributed by atoms with Crippen LogP contribution in [0.15, 0.2) is 71.7 Å². The highest BCUT2D eigenvalue weighted by molar-refractivity contribution is 5.90. The molecule has 170 valence electrons. The zero-order chi connectivity index (χ0) is 23.8. The highest BCUT2D eigenvalue weighted by Gasteiger charge is 2.33. The summed E-state index contributed by atoms with van der Waals surface area (Å²) in [6.45, 7) is 15.5. The summed E-state index contributed by atoms with van der Waals surface area (Å²) in [4.78, 5) is 7.25. The lowest BCUT2D eigenvalue weighted by Gasteiger charge is -2.46. The first-order chi connectivity index (χ1) is 15.6. The molecular formula is C30H34N2O. The molecule has 1 aliphatic rings. The van der Waals surface area contributed by atoms with Crippen LogP contribution in [0.1, 0.15) is 56.9 Å². The van der Waals surface area contributed by atoms with Gasteiger partial charge in [0.1, 0.15) is 11.5 Å². The minimum Gasteiger partial charge on any atom is -0.457 e. The second kappa shape index (κ2) is 8.90. The summed E-state index contributed by atoms with van der Waals surface area (Å²) in [6, 6.07) is 21.0. The van der Waals surface area contributed by atoms with Gasteiger partial charge in [0.2, 0.25) is 0 Å². The molecule has 33 heavy (non-hydrogen) atoms. The fourth-order valence-corrected chi connectivity index (χ4v) is 4.78. The summed E-state index contributed by atoms with van der Waals surface area (Å²) in [7, 11) is 0. The Morgan fingerprint density at radius 3 is 2.09 bits per heavy atom. The zero-order valence-electron chi connectivity index (χ0n) is 20.8. The Bertz CT molecular complexity index is 1200. The molecule has 0 atom stereocenters. The van der Waals surface area contributed by atoms with E-state index in [0.29, 0.717) is 6.04 Å². The molecule has 0 aromatic heterocycles. The fourth-order valence-electron chi connectivity index (χ4n) is 4.78. The summed E-state index contributed by atoms with van der Waals surface area (Å²) in [5.41, 5.74) is 8.41. The average Bonchev–Trinajstić information content (AvgIpc) is 2.74. The van der Waals surface area contributed by atoms with Crippen LogP contribution < -0.4 is 9.64 Å². The van der Waals surface area contributed by atoms with Crippen LogP contribution in [0.5, 0.6) is 11.5 Å². The molecule has 3 heteroatoms. The normalized spacial score (nSPS) is 15.0. The van der Waals surface area contributed by atoms with Crippen molar-refractivity contribution in [3.05, 3.63) is 89.0 Å². The van der Waals surface area contributed by atoms with Gasteiger partial charge in [-0.25, -0.2) is 0 Å². The van der Waals surface area contributed by atoms with E-state index < -0.39 is 0 Å². The molecule has 1 aliphatic heterocycles. The number of benzene rings is 3. The fraction of sp³-hybridized carbons (Fsp3) is 0.300. The van der Waals surface area contributed by atoms with Gasteiger partial charge < -0.3 is 9.64 Å². The predicted octanol–water partition coefficient (Wildman–Crippen LogP) is 8.26. The number of aliphatic imine (C=N–C) groups is 1. The van der Waals surface area contributed by atoms with E-state index in [4.69, 9.17) is 9.73 Å². The maximum Gasteiger partial charge on any atom is 0.127 e. The SMILES string of the molecule is CC1=CC(C)(C)N(C(C)C)c2cc(C)c(C=Nc3ccc(Oc4ccc(C)cc4)cc3)cc21. The van der Waals surface area contributed by atoms with Crippen LogP contribution >= 0.6 is 0 Å². The number of rotatable bonds is 5. The molecule has 3 nitrogen and oxygen atoms in total. The molecule has 0 spiro atoms. The number of aryl methyl sites for hydroxylation is 2. The van der Waals surface area contributed by atoms with Gasteiger partial charge in [-0.1, -0.05) is 23.8 Å². The van der Waals surface area contributed by atoms with E-state index in [2.05, 4.69) is 71.6 Å². The monoisotopic (exact) mass is 438 g/mol. The van der Waals surface area contributed by atoms with Gasteiger partial charge >= 0.3 is 0 Å². The van der Waals surface area contributed by atoms with Gasteiger partial charge in [0, 0.05) is 23.5 Å². The van der Waals surface area contributed by atoms with Crippen molar-refractivity contribution >= 4 is 23.2 Å². The highest BCUT2D eigenvalue weighted by atomic mass is 16.5. The van der Waals surface area contributed by atoms with Crippen molar-refractivity contribution in [1.82, 2.24) is 0 Å². The number of hydrogen-bond acceptors (Lipinski definition) is 3. The molecule has 0 radical (unpaired) electrons. The first-order valence-corrected chi connectivity index (χ1v) is 11.7. The Labute approximate surface area is 198 Å². The molecule has 0 bridgehead atoms. The first kappa shape index (κ1) is 22.8. The van der Waals surface area contributed by atoms with Gasteiger partial charge in [0.25, 0.3) is 0 Å². The second-order valence-electron chi connectivity index (χ2n) is 9.84. The molecule has 4 rings (SSSR count). The summed E-state index contributed by atoms with van der Waals surface area (Å²) in [5, 5.41) is 0. The predicted molar refractivity (Wildman–Crippen MR) is 141 cm³/mol. The summed E-state index contributed by atoms with van der Waals surface area (Å²) < 4.78 is 5.93. The third kappa shape index (κ3) is 4.88. The maximum atomic E-state index is 5.93. The number of fused-ring (bicyclic) bond motifs is 1. The van der Waals surface area contributed by atoms with E-state index in [0.717, 1.165) is 22.7 Å². The molecule has 0 fully saturated rings. The lowest BCUT2D eigenvalue weighted by Crippen LogP contribution is -2.49. The van der Waals surface area contributed by atoms with Crippen molar-refractivity contribution < 1.29 is 4.74 Å². The summed E-state index contributed by atoms with van der Waals surface area (Å²) in [5.74, 6) is 1.64. The van der Waals surface area contributed by atoms with Gasteiger partial charge in [0.15, 0.2) is 0 Å². The van der Waals surface area contributed by atoms with Crippen molar-refractivity contribution in [3.8, 4) is 11.5 Å². The number of hydrogen-bond donors (Lipinski definition) is 0. The maximum absolute atomic E-state index is 5.93. The Balaban J connectivity index is 1.56. The minimum atomic E-state index is -0.00427. The van der Waals surface area contributed by atoms with Crippen molar-refractivity contribution in [1.29, 1.82) is 0 Å². The quantitative estimate of drug-likeness (QED) is 0.375. The first-order valence-electron chi connectivity index (χ1n) is 11.7. The van der Waals surface area contributed by atoms with Crippen LogP contribution in [0.4, 0.5) is 11.4 Å². The van der Waals surface area contributed by atoms with E-state index in [1.807, 2.05) is 54.7 Å². The Kier molecular flexibility index (Phi) is 6.16. The van der Waals surface area contributed by atoms with Crippen LogP contribution in [0.25, 0.3) is 5.57 Å². The summed E-state index contributed by atoms with van der Waals surface area (Å²) >= 11 is 0. The standard InChI is InChI=1S/C30H34N2O/c1-20(2)32-29-16-22(4)24(17-28(29)23(5)18-30(32,6)7)19-31-25-10-14-27(15-11-25)33-26-12-8-21(3)9-13-26/h8-20H,1-7H3. The molecule has 0 saturated carbocycles. The number of anilines is 1. The van der Waals surface area contributed by atoms with Crippen molar-refractivity contribution in [2.45, 2.75) is 60.0 Å². The third-order valence-electron chi connectivity index (χ3n) is 6.22. The van der Waals surface area contributed by atoms with E-state index in [1.165, 1.54) is 28.0 Å². The van der Waals surface area contributed by atoms with Crippen LogP contribution in [0.3, 0.4) is 0 Å². The number of allylic oxidation sites excluding steroid dienone is 1. The van der Waals surface area contributed by atoms with Crippen LogP contribution in [-0.2, 0) is 0 Å². The second-order valence-corrected chi connectivity index (χ2v) is 9.84. The highest BCUT2D eigenvalue weighted by Crippen LogP contribution is 2.41. The Hall–Kier alpha value is -3.33. The molecule has 1 heterocycles. The molecule has 3 aromatic carbocycles. The van der Waals surface area contributed by atoms with E-state index in [1.54, 1.807) is 0 Å². The Morgan fingerprint density at radius 1 is 0.879 bits per heavy atom. The van der Waals surface area contributed by atoms with Gasteiger partial charge in [-0.3, -0.25) is 4.99 Å². The number of ether oxygens (including phenoxy) is 1. The lowest BCUT2D eigenvalue weighted by molar-refractivity contribution is 0.482. The van der Waals surface area contributed by atoms with Crippen molar-refractivity contribution in [3.63, 3.8) is 0 Å². The number of nitrogens with zero attached hydrogens (tertiary/aromatic N) is 2. The molecule has 0 amide bonds. The van der Waals surface area contributed by atoms with Crippen LogP contribution in [-0.4, -0.2) is 17.8 Å². The minimum absolute atomic E-state index is 0.00427. The molecule has 3 aromatic rings. The smallest absolute Gasteiger partial charge is 0.127 e. The van der Waals surface area contributed by atoms with Gasteiger partial charge in [-0.15, -0.1) is 0 Å². The topological polar surface area (TPSA) is 24.8 Å².